The van der Waals surface area contributed by atoms with Crippen LogP contribution < -0.4 is 0 Å². The zero-order valence-electron chi connectivity index (χ0n) is 10.6. The van der Waals surface area contributed by atoms with E-state index in [1.54, 1.807) is 4.90 Å². The van der Waals surface area contributed by atoms with Crippen molar-refractivity contribution >= 4 is 40.3 Å². The minimum Gasteiger partial charge on any atom is -0.288 e. The van der Waals surface area contributed by atoms with E-state index in [4.69, 9.17) is 12.2 Å². The third kappa shape index (κ3) is 2.65. The molecule has 0 spiro atoms. The lowest BCUT2D eigenvalue weighted by molar-refractivity contribution is -0.125. The van der Waals surface area contributed by atoms with Crippen LogP contribution in [0.3, 0.4) is 0 Å². The van der Waals surface area contributed by atoms with Crippen LogP contribution in [0.4, 0.5) is 0 Å². The van der Waals surface area contributed by atoms with Crippen LogP contribution in [0.1, 0.15) is 26.3 Å². The van der Waals surface area contributed by atoms with Crippen LogP contribution >= 0.6 is 24.0 Å². The van der Waals surface area contributed by atoms with Crippen LogP contribution in [0.2, 0.25) is 0 Å². The molecule has 1 saturated heterocycles. The van der Waals surface area contributed by atoms with Crippen LogP contribution in [-0.2, 0) is 4.79 Å². The summed E-state index contributed by atoms with van der Waals surface area (Å²) in [5.41, 5.74) is 0.750. The third-order valence-corrected chi connectivity index (χ3v) is 3.86. The predicted molar refractivity (Wildman–Crippen MR) is 81.2 cm³/mol. The lowest BCUT2D eigenvalue weighted by Crippen LogP contribution is -2.44. The monoisotopic (exact) mass is 277 g/mol. The van der Waals surface area contributed by atoms with Crippen LogP contribution in [-0.4, -0.2) is 20.7 Å². The molecule has 0 atom stereocenters. The van der Waals surface area contributed by atoms with Crippen LogP contribution in [0.15, 0.2) is 35.2 Å². The molecule has 0 unspecified atom stereocenters. The van der Waals surface area contributed by atoms with Gasteiger partial charge >= 0.3 is 0 Å². The number of amides is 1. The highest BCUT2D eigenvalue weighted by Crippen LogP contribution is 2.36. The van der Waals surface area contributed by atoms with Crippen molar-refractivity contribution in [2.24, 2.45) is 0 Å². The van der Waals surface area contributed by atoms with Crippen LogP contribution in [0.5, 0.6) is 0 Å². The smallest absolute Gasteiger partial charge is 0.266 e. The first kappa shape index (κ1) is 13.3. The summed E-state index contributed by atoms with van der Waals surface area (Å²) in [6.07, 6.45) is 1.89. The molecule has 1 amide bonds. The Morgan fingerprint density at radius 1 is 1.22 bits per heavy atom. The highest BCUT2D eigenvalue weighted by molar-refractivity contribution is 8.26. The van der Waals surface area contributed by atoms with Crippen molar-refractivity contribution < 1.29 is 4.79 Å². The molecular weight excluding hydrogens is 262 g/mol. The molecule has 0 saturated carbocycles. The van der Waals surface area contributed by atoms with Gasteiger partial charge in [0.05, 0.1) is 4.91 Å². The van der Waals surface area contributed by atoms with Gasteiger partial charge in [-0.05, 0) is 32.4 Å². The Morgan fingerprint density at radius 2 is 1.83 bits per heavy atom. The molecule has 4 heteroatoms. The summed E-state index contributed by atoms with van der Waals surface area (Å²) < 4.78 is 0.634. The van der Waals surface area contributed by atoms with E-state index in [1.807, 2.05) is 57.2 Å². The summed E-state index contributed by atoms with van der Waals surface area (Å²) in [6, 6.07) is 9.82. The van der Waals surface area contributed by atoms with E-state index in [2.05, 4.69) is 0 Å². The topological polar surface area (TPSA) is 20.3 Å². The van der Waals surface area contributed by atoms with E-state index in [9.17, 15) is 4.79 Å². The Bertz CT molecular complexity index is 514. The van der Waals surface area contributed by atoms with Gasteiger partial charge in [0.2, 0.25) is 0 Å². The molecule has 2 nitrogen and oxygen atoms in total. The predicted octanol–water partition coefficient (Wildman–Crippen LogP) is 3.69. The highest BCUT2D eigenvalue weighted by Gasteiger charge is 2.38. The first-order chi connectivity index (χ1) is 8.39. The maximum atomic E-state index is 12.3. The number of hydrogen-bond donors (Lipinski definition) is 0. The maximum Gasteiger partial charge on any atom is 0.266 e. The Balaban J connectivity index is 2.32. The van der Waals surface area contributed by atoms with E-state index in [0.717, 1.165) is 5.56 Å². The molecular formula is C14H15NOS2. The first-order valence-corrected chi connectivity index (χ1v) is 6.95. The molecule has 18 heavy (non-hydrogen) atoms. The molecule has 94 valence electrons. The summed E-state index contributed by atoms with van der Waals surface area (Å²) >= 11 is 6.66. The Hall–Kier alpha value is -1.13. The van der Waals surface area contributed by atoms with Crippen molar-refractivity contribution in [3.8, 4) is 0 Å². The molecule has 1 aliphatic heterocycles. The fourth-order valence-corrected chi connectivity index (χ4v) is 3.38. The van der Waals surface area contributed by atoms with Gasteiger partial charge in [-0.2, -0.15) is 0 Å². The van der Waals surface area contributed by atoms with Gasteiger partial charge in [0.15, 0.2) is 0 Å². The van der Waals surface area contributed by atoms with Gasteiger partial charge in [-0.3, -0.25) is 9.69 Å². The average molecular weight is 277 g/mol. The van der Waals surface area contributed by atoms with E-state index in [1.165, 1.54) is 11.8 Å². The molecule has 1 aromatic rings. The zero-order chi connectivity index (χ0) is 13.3. The molecule has 1 fully saturated rings. The minimum absolute atomic E-state index is 0.00125. The third-order valence-electron chi connectivity index (χ3n) is 2.56. The second kappa shape index (κ2) is 4.86. The second-order valence-corrected chi connectivity index (χ2v) is 6.77. The molecule has 0 radical (unpaired) electrons. The molecule has 1 aliphatic rings. The molecule has 0 aliphatic carbocycles. The number of hydrogen-bond acceptors (Lipinski definition) is 3. The molecule has 1 heterocycles. The maximum absolute atomic E-state index is 12.3. The standard InChI is InChI=1S/C14H15NOS2/c1-14(2,3)15-12(16)11(18-13(15)17)9-10-7-5-4-6-8-10/h4-9H,1-3H3. The Kier molecular flexibility index (Phi) is 3.59. The molecule has 1 aromatic carbocycles. The van der Waals surface area contributed by atoms with Gasteiger partial charge < -0.3 is 0 Å². The zero-order valence-corrected chi connectivity index (χ0v) is 12.3. The number of carbonyl (C=O) groups excluding carboxylic acids is 1. The molecule has 0 N–H and O–H groups in total. The van der Waals surface area contributed by atoms with Crippen molar-refractivity contribution in [2.45, 2.75) is 26.3 Å². The van der Waals surface area contributed by atoms with Crippen molar-refractivity contribution in [2.75, 3.05) is 0 Å². The molecule has 2 rings (SSSR count). The fourth-order valence-electron chi connectivity index (χ4n) is 1.75. The van der Waals surface area contributed by atoms with Gasteiger partial charge in [-0.1, -0.05) is 54.3 Å². The highest BCUT2D eigenvalue weighted by atomic mass is 32.2. The Morgan fingerprint density at radius 3 is 2.33 bits per heavy atom. The number of carbonyl (C=O) groups is 1. The van der Waals surface area contributed by atoms with Gasteiger partial charge in [0, 0.05) is 5.54 Å². The van der Waals surface area contributed by atoms with Crippen molar-refractivity contribution in [3.63, 3.8) is 0 Å². The second-order valence-electron chi connectivity index (χ2n) is 5.10. The summed E-state index contributed by atoms with van der Waals surface area (Å²) in [4.78, 5) is 14.7. The number of rotatable bonds is 1. The first-order valence-electron chi connectivity index (χ1n) is 5.73. The number of thiocarbonyl (C=S) groups is 1. The number of nitrogens with zero attached hydrogens (tertiary/aromatic N) is 1. The molecule has 0 aromatic heterocycles. The van der Waals surface area contributed by atoms with E-state index in [0.29, 0.717) is 9.23 Å². The number of benzene rings is 1. The van der Waals surface area contributed by atoms with Crippen molar-refractivity contribution in [1.82, 2.24) is 4.90 Å². The van der Waals surface area contributed by atoms with Crippen molar-refractivity contribution in [1.29, 1.82) is 0 Å². The SMILES string of the molecule is CC(C)(C)N1C(=O)C(=Cc2ccccc2)SC1=S. The van der Waals surface area contributed by atoms with Crippen LogP contribution in [0, 0.1) is 0 Å². The number of thioether (sulfide) groups is 1. The quantitative estimate of drug-likeness (QED) is 0.577. The normalized spacial score (nSPS) is 18.8. The van der Waals surface area contributed by atoms with E-state index >= 15 is 0 Å². The Labute approximate surface area is 117 Å². The largest absolute Gasteiger partial charge is 0.288 e. The van der Waals surface area contributed by atoms with Gasteiger partial charge in [0.1, 0.15) is 4.32 Å². The van der Waals surface area contributed by atoms with Crippen molar-refractivity contribution in [3.05, 3.63) is 40.8 Å². The summed E-state index contributed by atoms with van der Waals surface area (Å²) in [7, 11) is 0. The lowest BCUT2D eigenvalue weighted by Gasteiger charge is -2.30. The summed E-state index contributed by atoms with van der Waals surface area (Å²) in [6.45, 7) is 5.97. The summed E-state index contributed by atoms with van der Waals surface area (Å²) in [5.74, 6) is 0.00125. The van der Waals surface area contributed by atoms with Gasteiger partial charge in [-0.15, -0.1) is 0 Å². The van der Waals surface area contributed by atoms with E-state index in [-0.39, 0.29) is 11.4 Å². The molecule has 0 bridgehead atoms. The van der Waals surface area contributed by atoms with Crippen LogP contribution in [0.25, 0.3) is 6.08 Å². The minimum atomic E-state index is -0.270. The summed E-state index contributed by atoms with van der Waals surface area (Å²) in [5, 5.41) is 0. The lowest BCUT2D eigenvalue weighted by atomic mass is 10.1. The van der Waals surface area contributed by atoms with Gasteiger partial charge in [0.25, 0.3) is 5.91 Å². The van der Waals surface area contributed by atoms with Gasteiger partial charge in [-0.25, -0.2) is 0 Å². The fraction of sp³-hybridized carbons (Fsp3) is 0.286. The average Bonchev–Trinajstić information content (AvgIpc) is 2.54. The van der Waals surface area contributed by atoms with E-state index < -0.39 is 0 Å².